The Balaban J connectivity index is 1.55. The summed E-state index contributed by atoms with van der Waals surface area (Å²) in [6.07, 6.45) is 3.36. The fraction of sp³-hybridized carbons (Fsp3) is 0.304. The summed E-state index contributed by atoms with van der Waals surface area (Å²) in [5.74, 6) is -0.561. The first-order valence-electron chi connectivity index (χ1n) is 9.89. The van der Waals surface area contributed by atoms with Crippen molar-refractivity contribution in [1.29, 1.82) is 0 Å². The molecular formula is C23H24FN3O2S. The number of rotatable bonds is 6. The molecule has 5 nitrogen and oxygen atoms in total. The van der Waals surface area contributed by atoms with Gasteiger partial charge in [0.25, 0.3) is 0 Å². The highest BCUT2D eigenvalue weighted by Gasteiger charge is 2.40. The molecule has 2 aromatic carbocycles. The minimum atomic E-state index is -0.701. The zero-order valence-electron chi connectivity index (χ0n) is 16.8. The number of carbonyl (C=O) groups is 1. The number of primary amides is 1. The van der Waals surface area contributed by atoms with Crippen LogP contribution in [0.25, 0.3) is 0 Å². The van der Waals surface area contributed by atoms with Crippen molar-refractivity contribution in [2.75, 3.05) is 13.2 Å². The lowest BCUT2D eigenvalue weighted by molar-refractivity contribution is -0.127. The zero-order valence-corrected chi connectivity index (χ0v) is 17.6. The number of benzene rings is 2. The fourth-order valence-corrected chi connectivity index (χ4v) is 4.80. The smallest absolute Gasteiger partial charge is 0.228 e. The summed E-state index contributed by atoms with van der Waals surface area (Å²) in [5.41, 5.74) is 7.57. The molecule has 0 unspecified atom stereocenters. The number of ether oxygens (including phenoxy) is 1. The molecule has 30 heavy (non-hydrogen) atoms. The molecule has 1 aromatic heterocycles. The molecule has 1 aliphatic heterocycles. The van der Waals surface area contributed by atoms with E-state index in [0.29, 0.717) is 38.0 Å². The third-order valence-electron chi connectivity index (χ3n) is 5.76. The van der Waals surface area contributed by atoms with Crippen LogP contribution in [0, 0.1) is 5.82 Å². The van der Waals surface area contributed by atoms with Crippen molar-refractivity contribution in [1.82, 2.24) is 9.78 Å². The third-order valence-corrected chi connectivity index (χ3v) is 6.74. The van der Waals surface area contributed by atoms with Crippen molar-refractivity contribution in [2.45, 2.75) is 34.5 Å². The van der Waals surface area contributed by atoms with Gasteiger partial charge in [-0.15, -0.1) is 0 Å². The van der Waals surface area contributed by atoms with Gasteiger partial charge in [-0.05, 0) is 54.3 Å². The summed E-state index contributed by atoms with van der Waals surface area (Å²) < 4.78 is 21.9. The molecule has 0 spiro atoms. The summed E-state index contributed by atoms with van der Waals surface area (Å²) in [4.78, 5) is 14.0. The molecule has 3 aromatic rings. The highest BCUT2D eigenvalue weighted by atomic mass is 32.2. The summed E-state index contributed by atoms with van der Waals surface area (Å²) >= 11 is 1.47. The Labute approximate surface area is 179 Å². The second-order valence-corrected chi connectivity index (χ2v) is 8.71. The van der Waals surface area contributed by atoms with Crippen molar-refractivity contribution in [2.24, 2.45) is 12.8 Å². The lowest BCUT2D eigenvalue weighted by atomic mass is 9.73. The first-order valence-corrected chi connectivity index (χ1v) is 10.7. The SMILES string of the molecule is Cn1nccc1Cc1ccc(Sc2cccc(C3(C(N)=O)CCOCC3)c2)cc1F. The Morgan fingerprint density at radius 2 is 1.97 bits per heavy atom. The van der Waals surface area contributed by atoms with Gasteiger partial charge < -0.3 is 10.5 Å². The van der Waals surface area contributed by atoms with Gasteiger partial charge in [-0.25, -0.2) is 4.39 Å². The zero-order chi connectivity index (χ0) is 21.1. The number of carbonyl (C=O) groups excluding carboxylic acids is 1. The van der Waals surface area contributed by atoms with Crippen LogP contribution < -0.4 is 5.73 Å². The molecule has 0 saturated carbocycles. The topological polar surface area (TPSA) is 70.1 Å². The molecule has 1 aliphatic rings. The van der Waals surface area contributed by atoms with Gasteiger partial charge in [0.15, 0.2) is 0 Å². The van der Waals surface area contributed by atoms with E-state index < -0.39 is 5.41 Å². The van der Waals surface area contributed by atoms with E-state index in [9.17, 15) is 9.18 Å². The fourth-order valence-electron chi connectivity index (χ4n) is 3.90. The second kappa shape index (κ2) is 8.62. The number of aryl methyl sites for hydroxylation is 1. The van der Waals surface area contributed by atoms with Gasteiger partial charge in [-0.2, -0.15) is 5.10 Å². The van der Waals surface area contributed by atoms with Gasteiger partial charge in [0.2, 0.25) is 5.91 Å². The van der Waals surface area contributed by atoms with Gasteiger partial charge in [0, 0.05) is 48.4 Å². The van der Waals surface area contributed by atoms with Crippen LogP contribution in [0.5, 0.6) is 0 Å². The van der Waals surface area contributed by atoms with E-state index >= 15 is 0 Å². The summed E-state index contributed by atoms with van der Waals surface area (Å²) in [6.45, 7) is 1.04. The molecule has 7 heteroatoms. The van der Waals surface area contributed by atoms with Crippen molar-refractivity contribution in [3.8, 4) is 0 Å². The molecule has 4 rings (SSSR count). The van der Waals surface area contributed by atoms with E-state index in [1.807, 2.05) is 49.5 Å². The van der Waals surface area contributed by atoms with Crippen LogP contribution in [-0.4, -0.2) is 28.9 Å². The number of hydrogen-bond donors (Lipinski definition) is 1. The average molecular weight is 426 g/mol. The first-order chi connectivity index (χ1) is 14.5. The molecule has 0 radical (unpaired) electrons. The van der Waals surface area contributed by atoms with Gasteiger partial charge in [0.1, 0.15) is 5.82 Å². The quantitative estimate of drug-likeness (QED) is 0.652. The number of aromatic nitrogens is 2. The van der Waals surface area contributed by atoms with Crippen LogP contribution in [-0.2, 0) is 28.4 Å². The van der Waals surface area contributed by atoms with Crippen LogP contribution in [0.1, 0.15) is 29.7 Å². The lowest BCUT2D eigenvalue weighted by Gasteiger charge is -2.34. The minimum absolute atomic E-state index is 0.240. The summed E-state index contributed by atoms with van der Waals surface area (Å²) in [6, 6.07) is 15.0. The van der Waals surface area contributed by atoms with E-state index in [1.165, 1.54) is 11.8 Å². The van der Waals surface area contributed by atoms with E-state index in [4.69, 9.17) is 10.5 Å². The molecule has 0 atom stereocenters. The molecular weight excluding hydrogens is 401 g/mol. The Kier molecular flexibility index (Phi) is 5.92. The van der Waals surface area contributed by atoms with Crippen LogP contribution in [0.2, 0.25) is 0 Å². The molecule has 1 saturated heterocycles. The molecule has 0 bridgehead atoms. The van der Waals surface area contributed by atoms with E-state index in [-0.39, 0.29) is 11.7 Å². The molecule has 2 heterocycles. The largest absolute Gasteiger partial charge is 0.381 e. The first kappa shape index (κ1) is 20.6. The highest BCUT2D eigenvalue weighted by molar-refractivity contribution is 7.99. The molecule has 0 aliphatic carbocycles. The van der Waals surface area contributed by atoms with Crippen molar-refractivity contribution in [3.63, 3.8) is 0 Å². The summed E-state index contributed by atoms with van der Waals surface area (Å²) in [5, 5.41) is 4.13. The highest BCUT2D eigenvalue weighted by Crippen LogP contribution is 2.38. The van der Waals surface area contributed by atoms with Crippen LogP contribution >= 0.6 is 11.8 Å². The Morgan fingerprint density at radius 3 is 2.63 bits per heavy atom. The average Bonchev–Trinajstić information content (AvgIpc) is 3.15. The van der Waals surface area contributed by atoms with Gasteiger partial charge in [-0.3, -0.25) is 9.48 Å². The molecule has 156 valence electrons. The number of nitrogens with zero attached hydrogens (tertiary/aromatic N) is 2. The van der Waals surface area contributed by atoms with Crippen molar-refractivity contribution < 1.29 is 13.9 Å². The maximum Gasteiger partial charge on any atom is 0.228 e. The summed E-state index contributed by atoms with van der Waals surface area (Å²) in [7, 11) is 1.85. The second-order valence-electron chi connectivity index (χ2n) is 7.56. The Hall–Kier alpha value is -2.64. The Morgan fingerprint density at radius 1 is 1.20 bits per heavy atom. The Bertz CT molecular complexity index is 1060. The van der Waals surface area contributed by atoms with Gasteiger partial charge >= 0.3 is 0 Å². The number of nitrogens with two attached hydrogens (primary N) is 1. The van der Waals surface area contributed by atoms with Crippen molar-refractivity contribution >= 4 is 17.7 Å². The van der Waals surface area contributed by atoms with Crippen LogP contribution in [0.3, 0.4) is 0 Å². The third kappa shape index (κ3) is 4.13. The van der Waals surface area contributed by atoms with Gasteiger partial charge in [0.05, 0.1) is 5.41 Å². The predicted molar refractivity (Wildman–Crippen MR) is 114 cm³/mol. The van der Waals surface area contributed by atoms with Crippen LogP contribution in [0.15, 0.2) is 64.5 Å². The van der Waals surface area contributed by atoms with E-state index in [1.54, 1.807) is 16.9 Å². The number of amides is 1. The molecule has 2 N–H and O–H groups in total. The van der Waals surface area contributed by atoms with Gasteiger partial charge in [-0.1, -0.05) is 30.0 Å². The standard InChI is InChI=1S/C23H24FN3O2S/c1-27-18(7-10-26-27)13-16-5-6-20(15-21(16)24)30-19-4-2-3-17(14-19)23(22(25)28)8-11-29-12-9-23/h2-7,10,14-15H,8-9,11-13H2,1H3,(H2,25,28). The van der Waals surface area contributed by atoms with E-state index in [2.05, 4.69) is 5.10 Å². The van der Waals surface area contributed by atoms with E-state index in [0.717, 1.165) is 21.0 Å². The molecule has 1 fully saturated rings. The minimum Gasteiger partial charge on any atom is -0.381 e. The van der Waals surface area contributed by atoms with Crippen LogP contribution in [0.4, 0.5) is 4.39 Å². The maximum absolute atomic E-state index is 14.7. The predicted octanol–water partition coefficient (Wildman–Crippen LogP) is 3.83. The normalized spacial score (nSPS) is 15.8. The lowest BCUT2D eigenvalue weighted by Crippen LogP contribution is -2.45. The maximum atomic E-state index is 14.7. The number of halogens is 1. The number of hydrogen-bond acceptors (Lipinski definition) is 4. The van der Waals surface area contributed by atoms with Crippen molar-refractivity contribution in [3.05, 3.63) is 77.4 Å². The molecule has 1 amide bonds. The monoisotopic (exact) mass is 425 g/mol.